The van der Waals surface area contributed by atoms with Gasteiger partial charge in [0, 0.05) is 9.35 Å². The number of fused-ring (bicyclic) bond motifs is 3. The average Bonchev–Trinajstić information content (AvgIpc) is 2.94. The van der Waals surface area contributed by atoms with E-state index in [4.69, 9.17) is 0 Å². The summed E-state index contributed by atoms with van der Waals surface area (Å²) >= 11 is 5.09. The highest BCUT2D eigenvalue weighted by atomic mass is 79.9. The van der Waals surface area contributed by atoms with E-state index in [1.165, 1.54) is 21.5 Å². The van der Waals surface area contributed by atoms with Crippen molar-refractivity contribution < 1.29 is 0 Å². The van der Waals surface area contributed by atoms with E-state index >= 15 is 0 Å². The first-order valence-electron chi connectivity index (χ1n) is 7.97. The lowest BCUT2D eigenvalue weighted by Gasteiger charge is -2.10. The molecule has 6 heteroatoms. The van der Waals surface area contributed by atoms with Gasteiger partial charge < -0.3 is 0 Å². The van der Waals surface area contributed by atoms with Gasteiger partial charge >= 0.3 is 0 Å². The van der Waals surface area contributed by atoms with Gasteiger partial charge in [-0.1, -0.05) is 28.1 Å². The van der Waals surface area contributed by atoms with Gasteiger partial charge in [-0.25, -0.2) is 4.98 Å². The number of halogens is 1. The molecule has 2 aromatic heterocycles. The molecule has 24 heavy (non-hydrogen) atoms. The Labute approximate surface area is 152 Å². The molecule has 0 N–H and O–H groups in total. The van der Waals surface area contributed by atoms with Crippen molar-refractivity contribution in [3.63, 3.8) is 0 Å². The van der Waals surface area contributed by atoms with E-state index in [1.807, 2.05) is 31.2 Å². The van der Waals surface area contributed by atoms with E-state index in [2.05, 4.69) is 26.0 Å². The van der Waals surface area contributed by atoms with Crippen molar-refractivity contribution in [1.82, 2.24) is 9.66 Å². The standard InChI is InChI=1S/C18H16BrN3OS/c1-11-21-17-16(14-4-2-3-5-15(14)24-17)18(23)22(11)20-10-12-6-8-13(19)9-7-12/h6-10H,2-5H2,1H3/b20-10+. The lowest BCUT2D eigenvalue weighted by atomic mass is 9.97. The third-order valence-corrected chi connectivity index (χ3v) is 6.04. The molecule has 0 radical (unpaired) electrons. The predicted octanol–water partition coefficient (Wildman–Crippen LogP) is 4.29. The summed E-state index contributed by atoms with van der Waals surface area (Å²) in [5, 5.41) is 5.16. The van der Waals surface area contributed by atoms with Gasteiger partial charge in [0.25, 0.3) is 5.56 Å². The number of hydrogen-bond acceptors (Lipinski definition) is 4. The second kappa shape index (κ2) is 6.26. The van der Waals surface area contributed by atoms with Gasteiger partial charge in [0.2, 0.25) is 0 Å². The van der Waals surface area contributed by atoms with Gasteiger partial charge in [-0.15, -0.1) is 11.3 Å². The number of nitrogens with zero attached hydrogens (tertiary/aromatic N) is 3. The van der Waals surface area contributed by atoms with E-state index < -0.39 is 0 Å². The number of rotatable bonds is 2. The number of hydrogen-bond donors (Lipinski definition) is 0. The van der Waals surface area contributed by atoms with Gasteiger partial charge in [-0.05, 0) is 55.9 Å². The highest BCUT2D eigenvalue weighted by Crippen LogP contribution is 2.33. The Bertz CT molecular complexity index is 1000. The van der Waals surface area contributed by atoms with Crippen LogP contribution in [0.1, 0.15) is 34.7 Å². The number of aryl methyl sites for hydroxylation is 3. The molecule has 0 saturated carbocycles. The molecule has 0 bridgehead atoms. The average molecular weight is 402 g/mol. The van der Waals surface area contributed by atoms with Gasteiger partial charge in [-0.3, -0.25) is 4.79 Å². The van der Waals surface area contributed by atoms with E-state index in [0.29, 0.717) is 5.82 Å². The summed E-state index contributed by atoms with van der Waals surface area (Å²) < 4.78 is 2.44. The molecular formula is C18H16BrN3OS. The zero-order valence-corrected chi connectivity index (χ0v) is 15.7. The molecule has 0 unspecified atom stereocenters. The van der Waals surface area contributed by atoms with Gasteiger partial charge in [-0.2, -0.15) is 9.78 Å². The molecule has 1 aromatic carbocycles. The molecule has 0 saturated heterocycles. The van der Waals surface area contributed by atoms with Gasteiger partial charge in [0.05, 0.1) is 11.6 Å². The van der Waals surface area contributed by atoms with Crippen molar-refractivity contribution >= 4 is 43.7 Å². The summed E-state index contributed by atoms with van der Waals surface area (Å²) in [6.07, 6.45) is 6.10. The molecule has 1 aliphatic rings. The molecule has 4 nitrogen and oxygen atoms in total. The minimum absolute atomic E-state index is 0.0507. The van der Waals surface area contributed by atoms with E-state index in [0.717, 1.165) is 39.5 Å². The summed E-state index contributed by atoms with van der Waals surface area (Å²) in [4.78, 5) is 19.8. The number of benzene rings is 1. The molecule has 0 atom stereocenters. The topological polar surface area (TPSA) is 47.2 Å². The first kappa shape index (κ1) is 15.7. The van der Waals surface area contributed by atoms with E-state index in [9.17, 15) is 4.79 Å². The summed E-state index contributed by atoms with van der Waals surface area (Å²) in [5.74, 6) is 0.624. The summed E-state index contributed by atoms with van der Waals surface area (Å²) in [6, 6.07) is 7.81. The maximum atomic E-state index is 13.0. The highest BCUT2D eigenvalue weighted by molar-refractivity contribution is 9.10. The fraction of sp³-hybridized carbons (Fsp3) is 0.278. The second-order valence-electron chi connectivity index (χ2n) is 5.96. The van der Waals surface area contributed by atoms with Crippen LogP contribution in [0.15, 0.2) is 38.6 Å². The summed E-state index contributed by atoms with van der Waals surface area (Å²) in [6.45, 7) is 1.83. The molecule has 0 aliphatic heterocycles. The quantitative estimate of drug-likeness (QED) is 0.601. The maximum Gasteiger partial charge on any atom is 0.283 e. The van der Waals surface area contributed by atoms with Crippen molar-refractivity contribution in [2.75, 3.05) is 0 Å². The van der Waals surface area contributed by atoms with Crippen LogP contribution in [0, 0.1) is 6.92 Å². The maximum absolute atomic E-state index is 13.0. The molecule has 3 aromatic rings. The Morgan fingerprint density at radius 1 is 1.25 bits per heavy atom. The first-order chi connectivity index (χ1) is 11.6. The zero-order chi connectivity index (χ0) is 16.7. The summed E-state index contributed by atoms with van der Waals surface area (Å²) in [7, 11) is 0. The van der Waals surface area contributed by atoms with Crippen LogP contribution in [0.5, 0.6) is 0 Å². The number of thiophene rings is 1. The van der Waals surface area contributed by atoms with Crippen LogP contribution in [0.25, 0.3) is 10.2 Å². The van der Waals surface area contributed by atoms with Crippen LogP contribution in [0.4, 0.5) is 0 Å². The van der Waals surface area contributed by atoms with Crippen molar-refractivity contribution in [3.05, 3.63) is 60.9 Å². The van der Waals surface area contributed by atoms with Crippen LogP contribution in [-0.2, 0) is 12.8 Å². The van der Waals surface area contributed by atoms with Gasteiger partial charge in [0.1, 0.15) is 10.7 Å². The Morgan fingerprint density at radius 2 is 2.00 bits per heavy atom. The minimum atomic E-state index is -0.0507. The molecule has 0 fully saturated rings. The van der Waals surface area contributed by atoms with Crippen LogP contribution in [0.2, 0.25) is 0 Å². The third-order valence-electron chi connectivity index (χ3n) is 4.32. The lowest BCUT2D eigenvalue weighted by Crippen LogP contribution is -2.21. The Balaban J connectivity index is 1.83. The lowest BCUT2D eigenvalue weighted by molar-refractivity contribution is 0.698. The highest BCUT2D eigenvalue weighted by Gasteiger charge is 2.20. The van der Waals surface area contributed by atoms with Crippen LogP contribution >= 0.6 is 27.3 Å². The van der Waals surface area contributed by atoms with Crippen molar-refractivity contribution in [2.24, 2.45) is 5.10 Å². The zero-order valence-electron chi connectivity index (χ0n) is 13.3. The molecule has 122 valence electrons. The second-order valence-corrected chi connectivity index (χ2v) is 7.96. The largest absolute Gasteiger partial charge is 0.283 e. The third kappa shape index (κ3) is 2.74. The normalized spacial score (nSPS) is 14.4. The smallest absolute Gasteiger partial charge is 0.267 e. The Kier molecular flexibility index (Phi) is 4.10. The van der Waals surface area contributed by atoms with E-state index in [-0.39, 0.29) is 5.56 Å². The molecule has 4 rings (SSSR count). The van der Waals surface area contributed by atoms with Crippen LogP contribution in [-0.4, -0.2) is 15.9 Å². The summed E-state index contributed by atoms with van der Waals surface area (Å²) in [5.41, 5.74) is 2.09. The molecule has 2 heterocycles. The van der Waals surface area contributed by atoms with Crippen molar-refractivity contribution in [3.8, 4) is 0 Å². The first-order valence-corrected chi connectivity index (χ1v) is 9.58. The van der Waals surface area contributed by atoms with Crippen molar-refractivity contribution in [1.29, 1.82) is 0 Å². The molecular weight excluding hydrogens is 386 g/mol. The predicted molar refractivity (Wildman–Crippen MR) is 102 cm³/mol. The van der Waals surface area contributed by atoms with Crippen LogP contribution in [0.3, 0.4) is 0 Å². The molecule has 0 spiro atoms. The Morgan fingerprint density at radius 3 is 2.79 bits per heavy atom. The van der Waals surface area contributed by atoms with E-state index in [1.54, 1.807) is 17.6 Å². The Hall–Kier alpha value is -1.79. The van der Waals surface area contributed by atoms with Crippen LogP contribution < -0.4 is 5.56 Å². The minimum Gasteiger partial charge on any atom is -0.267 e. The fourth-order valence-corrected chi connectivity index (χ4v) is 4.67. The number of aromatic nitrogens is 2. The molecule has 1 aliphatic carbocycles. The SMILES string of the molecule is Cc1nc2sc3c(c2c(=O)n1/N=C/c1ccc(Br)cc1)CCCC3. The van der Waals surface area contributed by atoms with Crippen molar-refractivity contribution in [2.45, 2.75) is 32.6 Å². The fourth-order valence-electron chi connectivity index (χ4n) is 3.11. The molecule has 0 amide bonds. The van der Waals surface area contributed by atoms with Gasteiger partial charge in [0.15, 0.2) is 0 Å². The monoisotopic (exact) mass is 401 g/mol.